The molecule has 1 aromatic rings. The highest BCUT2D eigenvalue weighted by molar-refractivity contribution is 5.97. The van der Waals surface area contributed by atoms with Gasteiger partial charge in [-0.1, -0.05) is 12.2 Å². The number of hydrogen-bond donors (Lipinski definition) is 2. The molecule has 4 heteroatoms. The van der Waals surface area contributed by atoms with E-state index in [1.165, 1.54) is 6.07 Å². The van der Waals surface area contributed by atoms with Gasteiger partial charge in [-0.05, 0) is 32.4 Å². The third-order valence-corrected chi connectivity index (χ3v) is 2.03. The van der Waals surface area contributed by atoms with E-state index in [-0.39, 0.29) is 23.2 Å². The molecule has 0 radical (unpaired) electrons. The predicted octanol–water partition coefficient (Wildman–Crippen LogP) is 2.70. The van der Waals surface area contributed by atoms with E-state index in [4.69, 9.17) is 4.74 Å². The maximum atomic E-state index is 11.8. The molecule has 0 saturated carbocycles. The van der Waals surface area contributed by atoms with Crippen LogP contribution in [-0.2, 0) is 4.74 Å². The average molecular weight is 236 g/mol. The summed E-state index contributed by atoms with van der Waals surface area (Å²) in [6.07, 6.45) is 3.06. The van der Waals surface area contributed by atoms with Crippen molar-refractivity contribution in [2.75, 3.05) is 0 Å². The number of aromatic hydroxyl groups is 2. The smallest absolute Gasteiger partial charge is 0.342 e. The van der Waals surface area contributed by atoms with Gasteiger partial charge in [0, 0.05) is 6.07 Å². The Labute approximate surface area is 100 Å². The molecule has 0 fully saturated rings. The zero-order valence-electron chi connectivity index (χ0n) is 10.1. The number of phenolic OH excluding ortho intramolecular Hbond substituents is 2. The molecule has 0 amide bonds. The fourth-order valence-corrected chi connectivity index (χ4v) is 1.44. The Morgan fingerprint density at radius 3 is 2.53 bits per heavy atom. The van der Waals surface area contributed by atoms with Gasteiger partial charge in [-0.15, -0.1) is 0 Å². The van der Waals surface area contributed by atoms with Crippen molar-refractivity contribution in [1.82, 2.24) is 0 Å². The van der Waals surface area contributed by atoms with Gasteiger partial charge in [-0.25, -0.2) is 4.79 Å². The number of rotatable bonds is 3. The van der Waals surface area contributed by atoms with Gasteiger partial charge in [0.1, 0.15) is 17.1 Å². The van der Waals surface area contributed by atoms with Crippen LogP contribution in [0.25, 0.3) is 6.08 Å². The lowest BCUT2D eigenvalue weighted by atomic mass is 10.1. The normalized spacial score (nSPS) is 11.1. The zero-order valence-corrected chi connectivity index (χ0v) is 10.1. The summed E-state index contributed by atoms with van der Waals surface area (Å²) in [6, 6.07) is 2.51. The monoisotopic (exact) mass is 236 g/mol. The van der Waals surface area contributed by atoms with Gasteiger partial charge < -0.3 is 14.9 Å². The van der Waals surface area contributed by atoms with Gasteiger partial charge in [-0.3, -0.25) is 0 Å². The summed E-state index contributed by atoms with van der Waals surface area (Å²) in [5.41, 5.74) is 0.491. The number of benzene rings is 1. The lowest BCUT2D eigenvalue weighted by molar-refractivity contribution is 0.0374. The van der Waals surface area contributed by atoms with E-state index in [0.717, 1.165) is 6.07 Å². The van der Waals surface area contributed by atoms with E-state index in [2.05, 4.69) is 0 Å². The van der Waals surface area contributed by atoms with Crippen LogP contribution < -0.4 is 0 Å². The standard InChI is InChI=1S/C13H16O4/c1-4-5-9-6-10(14)7-11(15)12(9)13(16)17-8(2)3/h4-8,14-15H,1-3H3/b5-4+. The van der Waals surface area contributed by atoms with Gasteiger partial charge >= 0.3 is 5.97 Å². The van der Waals surface area contributed by atoms with Crippen LogP contribution >= 0.6 is 0 Å². The lowest BCUT2D eigenvalue weighted by Gasteiger charge is -2.11. The van der Waals surface area contributed by atoms with Crippen LogP contribution in [0.3, 0.4) is 0 Å². The molecule has 0 aliphatic carbocycles. The van der Waals surface area contributed by atoms with Crippen molar-refractivity contribution < 1.29 is 19.7 Å². The van der Waals surface area contributed by atoms with Gasteiger partial charge in [0.25, 0.3) is 0 Å². The molecule has 2 N–H and O–H groups in total. The van der Waals surface area contributed by atoms with Crippen molar-refractivity contribution in [3.8, 4) is 11.5 Å². The summed E-state index contributed by atoms with van der Waals surface area (Å²) in [5, 5.41) is 19.1. The molecule has 0 aromatic heterocycles. The molecule has 1 rings (SSSR count). The Morgan fingerprint density at radius 2 is 2.00 bits per heavy atom. The fraction of sp³-hybridized carbons (Fsp3) is 0.308. The number of allylic oxidation sites excluding steroid dienone is 1. The maximum absolute atomic E-state index is 11.8. The minimum absolute atomic E-state index is 0.0644. The summed E-state index contributed by atoms with van der Waals surface area (Å²) < 4.78 is 5.03. The SMILES string of the molecule is C/C=C/c1cc(O)cc(O)c1C(=O)OC(C)C. The van der Waals surface area contributed by atoms with E-state index >= 15 is 0 Å². The zero-order chi connectivity index (χ0) is 13.0. The fourth-order valence-electron chi connectivity index (χ4n) is 1.44. The minimum atomic E-state index is -0.606. The molecule has 17 heavy (non-hydrogen) atoms. The van der Waals surface area contributed by atoms with E-state index in [1.54, 1.807) is 32.9 Å². The highest BCUT2D eigenvalue weighted by Crippen LogP contribution is 2.29. The molecule has 0 heterocycles. The second kappa shape index (κ2) is 5.39. The number of ether oxygens (including phenoxy) is 1. The van der Waals surface area contributed by atoms with Gasteiger partial charge in [-0.2, -0.15) is 0 Å². The minimum Gasteiger partial charge on any atom is -0.508 e. The highest BCUT2D eigenvalue weighted by atomic mass is 16.5. The van der Waals surface area contributed by atoms with Crippen molar-refractivity contribution in [2.24, 2.45) is 0 Å². The van der Waals surface area contributed by atoms with Crippen molar-refractivity contribution in [3.05, 3.63) is 29.3 Å². The summed E-state index contributed by atoms with van der Waals surface area (Å²) in [6.45, 7) is 5.23. The molecule has 1 aromatic carbocycles. The molecular weight excluding hydrogens is 220 g/mol. The summed E-state index contributed by atoms with van der Waals surface area (Å²) >= 11 is 0. The average Bonchev–Trinajstić information content (AvgIpc) is 2.15. The third kappa shape index (κ3) is 3.24. The number of esters is 1. The van der Waals surface area contributed by atoms with Crippen LogP contribution in [0.1, 0.15) is 36.7 Å². The molecule has 0 atom stereocenters. The second-order valence-electron chi connectivity index (χ2n) is 3.88. The van der Waals surface area contributed by atoms with E-state index in [0.29, 0.717) is 5.56 Å². The molecule has 0 unspecified atom stereocenters. The number of carbonyl (C=O) groups is 1. The molecule has 0 saturated heterocycles. The van der Waals surface area contributed by atoms with Gasteiger partial charge in [0.05, 0.1) is 6.10 Å². The Bertz CT molecular complexity index is 447. The van der Waals surface area contributed by atoms with Crippen LogP contribution in [-0.4, -0.2) is 22.3 Å². The maximum Gasteiger partial charge on any atom is 0.342 e. The van der Waals surface area contributed by atoms with Crippen LogP contribution in [0.5, 0.6) is 11.5 Å². The Morgan fingerprint density at radius 1 is 1.35 bits per heavy atom. The third-order valence-electron chi connectivity index (χ3n) is 2.03. The first-order chi connectivity index (χ1) is 7.95. The Kier molecular flexibility index (Phi) is 4.15. The summed E-state index contributed by atoms with van der Waals surface area (Å²) in [7, 11) is 0. The van der Waals surface area contributed by atoms with Crippen molar-refractivity contribution in [3.63, 3.8) is 0 Å². The van der Waals surface area contributed by atoms with E-state index in [9.17, 15) is 15.0 Å². The van der Waals surface area contributed by atoms with Crippen molar-refractivity contribution in [1.29, 1.82) is 0 Å². The van der Waals surface area contributed by atoms with Crippen molar-refractivity contribution >= 4 is 12.0 Å². The van der Waals surface area contributed by atoms with Crippen LogP contribution in [0.15, 0.2) is 18.2 Å². The van der Waals surface area contributed by atoms with Crippen molar-refractivity contribution in [2.45, 2.75) is 26.9 Å². The summed E-state index contributed by atoms with van der Waals surface area (Å²) in [4.78, 5) is 11.8. The number of hydrogen-bond acceptors (Lipinski definition) is 4. The lowest BCUT2D eigenvalue weighted by Crippen LogP contribution is -2.13. The first kappa shape index (κ1) is 13.1. The van der Waals surface area contributed by atoms with Crippen LogP contribution in [0.4, 0.5) is 0 Å². The van der Waals surface area contributed by atoms with Crippen LogP contribution in [0, 0.1) is 0 Å². The highest BCUT2D eigenvalue weighted by Gasteiger charge is 2.18. The molecule has 0 bridgehead atoms. The van der Waals surface area contributed by atoms with E-state index < -0.39 is 5.97 Å². The molecule has 92 valence electrons. The Hall–Kier alpha value is -1.97. The molecule has 0 aliphatic heterocycles. The molecular formula is C13H16O4. The quantitative estimate of drug-likeness (QED) is 0.792. The molecule has 4 nitrogen and oxygen atoms in total. The second-order valence-corrected chi connectivity index (χ2v) is 3.88. The largest absolute Gasteiger partial charge is 0.508 e. The van der Waals surface area contributed by atoms with E-state index in [1.807, 2.05) is 0 Å². The molecule has 0 aliphatic rings. The molecule has 0 spiro atoms. The first-order valence-corrected chi connectivity index (χ1v) is 5.35. The first-order valence-electron chi connectivity index (χ1n) is 5.35. The number of carbonyl (C=O) groups excluding carboxylic acids is 1. The predicted molar refractivity (Wildman–Crippen MR) is 65.0 cm³/mol. The summed E-state index contributed by atoms with van der Waals surface area (Å²) in [5.74, 6) is -0.994. The topological polar surface area (TPSA) is 66.8 Å². The van der Waals surface area contributed by atoms with Gasteiger partial charge in [0.15, 0.2) is 0 Å². The van der Waals surface area contributed by atoms with Crippen LogP contribution in [0.2, 0.25) is 0 Å². The van der Waals surface area contributed by atoms with Gasteiger partial charge in [0.2, 0.25) is 0 Å². The number of phenols is 2. The Balaban J connectivity index is 3.25.